The number of carbonyl (C=O) groups is 2. The number of esters is 1. The second-order valence-electron chi connectivity index (χ2n) is 8.13. The number of rotatable bonds is 5. The number of halogens is 2. The molecule has 0 saturated heterocycles. The summed E-state index contributed by atoms with van der Waals surface area (Å²) in [4.78, 5) is 25.4. The number of amides is 1. The molecule has 0 spiro atoms. The molecule has 164 valence electrons. The Morgan fingerprint density at radius 3 is 2.28 bits per heavy atom. The van der Waals surface area contributed by atoms with E-state index in [-0.39, 0.29) is 22.7 Å². The van der Waals surface area contributed by atoms with Crippen LogP contribution in [-0.2, 0) is 4.74 Å². The molecule has 1 N–H and O–H groups in total. The highest BCUT2D eigenvalue weighted by Crippen LogP contribution is 2.24. The van der Waals surface area contributed by atoms with Crippen molar-refractivity contribution in [3.05, 3.63) is 101 Å². The fraction of sp³-hybridized carbons (Fsp3) is 0.154. The highest BCUT2D eigenvalue weighted by Gasteiger charge is 2.21. The van der Waals surface area contributed by atoms with Gasteiger partial charge in [0.05, 0.1) is 11.3 Å². The molecule has 0 heterocycles. The van der Waals surface area contributed by atoms with Crippen molar-refractivity contribution in [2.24, 2.45) is 0 Å². The monoisotopic (exact) mass is 435 g/mol. The summed E-state index contributed by atoms with van der Waals surface area (Å²) >= 11 is 0. The van der Waals surface area contributed by atoms with E-state index in [9.17, 15) is 18.4 Å². The Hall–Kier alpha value is -3.80. The van der Waals surface area contributed by atoms with Crippen LogP contribution < -0.4 is 5.32 Å². The second-order valence-corrected chi connectivity index (χ2v) is 8.13. The second kappa shape index (κ2) is 9.56. The Balaban J connectivity index is 1.94. The van der Waals surface area contributed by atoms with E-state index in [2.05, 4.69) is 5.32 Å². The van der Waals surface area contributed by atoms with Crippen LogP contribution in [0.1, 0.15) is 52.6 Å². The van der Waals surface area contributed by atoms with Crippen molar-refractivity contribution in [2.45, 2.75) is 26.4 Å². The SMILES string of the molecule is CC(C)(C)OC(=O)c1ccc(/C=C/c2ccc(F)cc2F)cc1NC(=O)c1ccccc1. The van der Waals surface area contributed by atoms with Crippen LogP contribution in [0.4, 0.5) is 14.5 Å². The smallest absolute Gasteiger partial charge is 0.340 e. The van der Waals surface area contributed by atoms with Gasteiger partial charge < -0.3 is 10.1 Å². The molecule has 0 saturated carbocycles. The molecule has 6 heteroatoms. The van der Waals surface area contributed by atoms with Gasteiger partial charge in [-0.25, -0.2) is 13.6 Å². The normalized spacial score (nSPS) is 11.4. The molecule has 1 amide bonds. The van der Waals surface area contributed by atoms with Gasteiger partial charge in [0.1, 0.15) is 17.2 Å². The van der Waals surface area contributed by atoms with E-state index in [1.807, 2.05) is 0 Å². The molecule has 0 aliphatic carbocycles. The van der Waals surface area contributed by atoms with E-state index in [4.69, 9.17) is 4.74 Å². The minimum absolute atomic E-state index is 0.189. The highest BCUT2D eigenvalue weighted by molar-refractivity contribution is 6.08. The van der Waals surface area contributed by atoms with Crippen LogP contribution >= 0.6 is 0 Å². The van der Waals surface area contributed by atoms with Crippen molar-refractivity contribution >= 4 is 29.7 Å². The lowest BCUT2D eigenvalue weighted by Gasteiger charge is -2.21. The number of ether oxygens (including phenoxy) is 1. The molecule has 0 aliphatic heterocycles. The molecule has 0 fully saturated rings. The third-order valence-corrected chi connectivity index (χ3v) is 4.36. The lowest BCUT2D eigenvalue weighted by Crippen LogP contribution is -2.25. The predicted octanol–water partition coefficient (Wildman–Crippen LogP) is 6.34. The van der Waals surface area contributed by atoms with Crippen LogP contribution in [0.5, 0.6) is 0 Å². The fourth-order valence-corrected chi connectivity index (χ4v) is 2.89. The van der Waals surface area contributed by atoms with E-state index in [0.29, 0.717) is 11.1 Å². The summed E-state index contributed by atoms with van der Waals surface area (Å²) in [5.74, 6) is -2.32. The molecule has 0 radical (unpaired) electrons. The summed E-state index contributed by atoms with van der Waals surface area (Å²) < 4.78 is 32.5. The number of hydrogen-bond acceptors (Lipinski definition) is 3. The van der Waals surface area contributed by atoms with E-state index in [1.54, 1.807) is 69.3 Å². The zero-order valence-corrected chi connectivity index (χ0v) is 18.0. The van der Waals surface area contributed by atoms with Gasteiger partial charge in [0, 0.05) is 17.2 Å². The molecule has 3 aromatic rings. The summed E-state index contributed by atoms with van der Waals surface area (Å²) in [6.07, 6.45) is 3.09. The van der Waals surface area contributed by atoms with Crippen LogP contribution in [0.25, 0.3) is 12.2 Å². The molecule has 0 unspecified atom stereocenters. The van der Waals surface area contributed by atoms with Gasteiger partial charge in [0.15, 0.2) is 0 Å². The standard InChI is InChI=1S/C26H23F2NO3/c1-26(2,3)32-25(31)21-14-10-17(9-11-18-12-13-20(27)16-22(18)28)15-23(21)29-24(30)19-7-5-4-6-8-19/h4-16H,1-3H3,(H,29,30)/b11-9+. The van der Waals surface area contributed by atoms with Gasteiger partial charge >= 0.3 is 5.97 Å². The lowest BCUT2D eigenvalue weighted by molar-refractivity contribution is 0.00707. The van der Waals surface area contributed by atoms with E-state index >= 15 is 0 Å². The Labute approximate surface area is 185 Å². The Morgan fingerprint density at radius 1 is 0.906 bits per heavy atom. The van der Waals surface area contributed by atoms with Crippen molar-refractivity contribution in [1.29, 1.82) is 0 Å². The Kier molecular flexibility index (Phi) is 6.83. The first-order valence-corrected chi connectivity index (χ1v) is 9.99. The van der Waals surface area contributed by atoms with Crippen LogP contribution in [0.15, 0.2) is 66.7 Å². The molecule has 0 aromatic heterocycles. The number of nitrogens with one attached hydrogen (secondary N) is 1. The molecule has 0 bridgehead atoms. The summed E-state index contributed by atoms with van der Waals surface area (Å²) in [6.45, 7) is 5.25. The average molecular weight is 435 g/mol. The van der Waals surface area contributed by atoms with Crippen molar-refractivity contribution in [3.8, 4) is 0 Å². The van der Waals surface area contributed by atoms with Gasteiger partial charge in [0.25, 0.3) is 5.91 Å². The molecule has 32 heavy (non-hydrogen) atoms. The molecule has 0 atom stereocenters. The van der Waals surface area contributed by atoms with Crippen molar-refractivity contribution < 1.29 is 23.1 Å². The van der Waals surface area contributed by atoms with Gasteiger partial charge in [0.2, 0.25) is 0 Å². The maximum Gasteiger partial charge on any atom is 0.340 e. The van der Waals surface area contributed by atoms with Crippen LogP contribution in [0, 0.1) is 11.6 Å². The molecular formula is C26H23F2NO3. The summed E-state index contributed by atoms with van der Waals surface area (Å²) in [5, 5.41) is 2.75. The Morgan fingerprint density at radius 2 is 1.62 bits per heavy atom. The van der Waals surface area contributed by atoms with Crippen molar-refractivity contribution in [2.75, 3.05) is 5.32 Å². The zero-order chi connectivity index (χ0) is 23.3. The Bertz CT molecular complexity index is 1170. The predicted molar refractivity (Wildman–Crippen MR) is 121 cm³/mol. The zero-order valence-electron chi connectivity index (χ0n) is 18.0. The summed E-state index contributed by atoms with van der Waals surface area (Å²) in [6, 6.07) is 16.7. The minimum Gasteiger partial charge on any atom is -0.456 e. The van der Waals surface area contributed by atoms with Crippen molar-refractivity contribution in [1.82, 2.24) is 0 Å². The van der Waals surface area contributed by atoms with Crippen LogP contribution in [0.2, 0.25) is 0 Å². The van der Waals surface area contributed by atoms with Gasteiger partial charge in [-0.15, -0.1) is 0 Å². The van der Waals surface area contributed by atoms with E-state index in [0.717, 1.165) is 6.07 Å². The first-order valence-electron chi connectivity index (χ1n) is 9.99. The summed E-state index contributed by atoms with van der Waals surface area (Å²) in [5.41, 5.74) is 0.972. The lowest BCUT2D eigenvalue weighted by atomic mass is 10.1. The molecule has 3 aromatic carbocycles. The van der Waals surface area contributed by atoms with Gasteiger partial charge in [-0.05, 0) is 62.7 Å². The van der Waals surface area contributed by atoms with E-state index < -0.39 is 23.2 Å². The van der Waals surface area contributed by atoms with Crippen LogP contribution in [0.3, 0.4) is 0 Å². The maximum atomic E-state index is 13.9. The third-order valence-electron chi connectivity index (χ3n) is 4.36. The third kappa shape index (κ3) is 6.11. The number of hydrogen-bond donors (Lipinski definition) is 1. The molecule has 0 aliphatic rings. The average Bonchev–Trinajstić information content (AvgIpc) is 2.72. The molecule has 4 nitrogen and oxygen atoms in total. The maximum absolute atomic E-state index is 13.9. The largest absolute Gasteiger partial charge is 0.456 e. The quantitative estimate of drug-likeness (QED) is 0.376. The van der Waals surface area contributed by atoms with Gasteiger partial charge in [-0.1, -0.05) is 36.4 Å². The molecule has 3 rings (SSSR count). The first-order chi connectivity index (χ1) is 15.1. The highest BCUT2D eigenvalue weighted by atomic mass is 19.1. The molecular weight excluding hydrogens is 412 g/mol. The van der Waals surface area contributed by atoms with E-state index in [1.165, 1.54) is 24.3 Å². The number of anilines is 1. The van der Waals surface area contributed by atoms with Gasteiger partial charge in [-0.3, -0.25) is 4.79 Å². The minimum atomic E-state index is -0.712. The topological polar surface area (TPSA) is 55.4 Å². The first kappa shape index (κ1) is 22.9. The fourth-order valence-electron chi connectivity index (χ4n) is 2.89. The van der Waals surface area contributed by atoms with Crippen molar-refractivity contribution in [3.63, 3.8) is 0 Å². The van der Waals surface area contributed by atoms with Gasteiger partial charge in [-0.2, -0.15) is 0 Å². The van der Waals surface area contributed by atoms with Crippen LogP contribution in [-0.4, -0.2) is 17.5 Å². The number of benzene rings is 3. The summed E-state index contributed by atoms with van der Waals surface area (Å²) in [7, 11) is 0. The number of carbonyl (C=O) groups excluding carboxylic acids is 2.